The summed E-state index contributed by atoms with van der Waals surface area (Å²) in [5.41, 5.74) is 0.978. The highest BCUT2D eigenvalue weighted by atomic mass is 16.5. The van der Waals surface area contributed by atoms with Crippen molar-refractivity contribution in [3.05, 3.63) is 24.3 Å². The van der Waals surface area contributed by atoms with Gasteiger partial charge in [0.2, 0.25) is 0 Å². The predicted octanol–water partition coefficient (Wildman–Crippen LogP) is 0.835. The maximum absolute atomic E-state index is 9.01. The second-order valence-electron chi connectivity index (χ2n) is 2.72. The van der Waals surface area contributed by atoms with E-state index in [4.69, 9.17) is 9.84 Å². The summed E-state index contributed by atoms with van der Waals surface area (Å²) in [4.78, 5) is 1.89. The van der Waals surface area contributed by atoms with E-state index in [1.807, 2.05) is 29.2 Å². The van der Waals surface area contributed by atoms with Gasteiger partial charge in [-0.25, -0.2) is 0 Å². The molecule has 1 aromatic carbocycles. The van der Waals surface area contributed by atoms with Gasteiger partial charge in [0.15, 0.2) is 0 Å². The molecule has 64 valence electrons. The van der Waals surface area contributed by atoms with E-state index in [-0.39, 0.29) is 6.73 Å². The molecule has 0 aliphatic carbocycles. The monoisotopic (exact) mass is 165 g/mol. The van der Waals surface area contributed by atoms with Crippen molar-refractivity contribution in [2.45, 2.75) is 0 Å². The number of hydrogen-bond acceptors (Lipinski definition) is 3. The fraction of sp³-hybridized carbons (Fsp3) is 0.333. The maximum Gasteiger partial charge on any atom is 0.142 e. The average Bonchev–Trinajstić information content (AvgIpc) is 2.17. The van der Waals surface area contributed by atoms with Crippen molar-refractivity contribution in [2.24, 2.45) is 0 Å². The Morgan fingerprint density at radius 3 is 3.08 bits per heavy atom. The summed E-state index contributed by atoms with van der Waals surface area (Å²) < 4.78 is 5.40. The third-order valence-electron chi connectivity index (χ3n) is 2.00. The smallest absolute Gasteiger partial charge is 0.142 e. The van der Waals surface area contributed by atoms with Gasteiger partial charge in [-0.1, -0.05) is 12.1 Å². The topological polar surface area (TPSA) is 32.7 Å². The zero-order valence-corrected chi connectivity index (χ0v) is 6.73. The van der Waals surface area contributed by atoms with Crippen LogP contribution in [0, 0.1) is 0 Å². The number of anilines is 1. The first-order chi connectivity index (χ1) is 5.92. The van der Waals surface area contributed by atoms with Gasteiger partial charge in [-0.3, -0.25) is 0 Å². The number of aliphatic hydroxyl groups excluding tert-OH is 1. The zero-order chi connectivity index (χ0) is 8.39. The lowest BCUT2D eigenvalue weighted by Gasteiger charge is -2.29. The van der Waals surface area contributed by atoms with Crippen LogP contribution in [0.1, 0.15) is 0 Å². The quantitative estimate of drug-likeness (QED) is 0.669. The lowest BCUT2D eigenvalue weighted by Crippen LogP contribution is -2.33. The van der Waals surface area contributed by atoms with Crippen molar-refractivity contribution in [3.8, 4) is 5.75 Å². The molecular formula is C9H11NO2. The van der Waals surface area contributed by atoms with Gasteiger partial charge in [-0.05, 0) is 12.1 Å². The first kappa shape index (κ1) is 7.43. The summed E-state index contributed by atoms with van der Waals surface area (Å²) in [7, 11) is 0. The Morgan fingerprint density at radius 1 is 1.42 bits per heavy atom. The van der Waals surface area contributed by atoms with Gasteiger partial charge in [0.05, 0.1) is 12.2 Å². The standard InChI is InChI=1S/C9H11NO2/c11-7-10-5-6-12-9-4-2-1-3-8(9)10/h1-4,11H,5-7H2. The molecule has 0 aromatic heterocycles. The minimum atomic E-state index is 0.0559. The van der Waals surface area contributed by atoms with Gasteiger partial charge in [0, 0.05) is 0 Å². The summed E-state index contributed by atoms with van der Waals surface area (Å²) in [6.45, 7) is 1.46. The molecule has 1 aliphatic rings. The van der Waals surface area contributed by atoms with E-state index in [1.165, 1.54) is 0 Å². The molecule has 0 saturated heterocycles. The van der Waals surface area contributed by atoms with Crippen molar-refractivity contribution in [3.63, 3.8) is 0 Å². The number of para-hydroxylation sites is 2. The second kappa shape index (κ2) is 3.03. The SMILES string of the molecule is OCN1CCOc2ccccc21. The molecule has 1 heterocycles. The molecule has 1 aromatic rings. The van der Waals surface area contributed by atoms with Crippen LogP contribution in [0.2, 0.25) is 0 Å². The molecule has 1 aliphatic heterocycles. The van der Waals surface area contributed by atoms with Crippen LogP contribution < -0.4 is 9.64 Å². The highest BCUT2D eigenvalue weighted by molar-refractivity contribution is 5.59. The van der Waals surface area contributed by atoms with Crippen LogP contribution in [-0.2, 0) is 0 Å². The third-order valence-corrected chi connectivity index (χ3v) is 2.00. The molecular weight excluding hydrogens is 154 g/mol. The molecule has 0 atom stereocenters. The number of nitrogens with zero attached hydrogens (tertiary/aromatic N) is 1. The number of ether oxygens (including phenoxy) is 1. The summed E-state index contributed by atoms with van der Waals surface area (Å²) in [5, 5.41) is 9.01. The van der Waals surface area contributed by atoms with E-state index >= 15 is 0 Å². The van der Waals surface area contributed by atoms with Crippen LogP contribution in [0.5, 0.6) is 5.75 Å². The second-order valence-corrected chi connectivity index (χ2v) is 2.72. The van der Waals surface area contributed by atoms with Crippen LogP contribution in [0.3, 0.4) is 0 Å². The highest BCUT2D eigenvalue weighted by Gasteiger charge is 2.15. The molecule has 0 fully saturated rings. The number of hydrogen-bond donors (Lipinski definition) is 1. The van der Waals surface area contributed by atoms with Crippen molar-refractivity contribution < 1.29 is 9.84 Å². The Bertz CT molecular complexity index is 275. The normalized spacial score (nSPS) is 15.2. The summed E-state index contributed by atoms with van der Waals surface area (Å²) in [6, 6.07) is 7.73. The minimum absolute atomic E-state index is 0.0559. The van der Waals surface area contributed by atoms with Gasteiger partial charge in [0.25, 0.3) is 0 Å². The Kier molecular flexibility index (Phi) is 1.87. The van der Waals surface area contributed by atoms with Crippen molar-refractivity contribution >= 4 is 5.69 Å². The van der Waals surface area contributed by atoms with Crippen molar-refractivity contribution in [1.82, 2.24) is 0 Å². The Morgan fingerprint density at radius 2 is 2.25 bits per heavy atom. The zero-order valence-electron chi connectivity index (χ0n) is 6.73. The first-order valence-electron chi connectivity index (χ1n) is 3.99. The molecule has 1 N–H and O–H groups in total. The number of benzene rings is 1. The number of fused-ring (bicyclic) bond motifs is 1. The fourth-order valence-corrected chi connectivity index (χ4v) is 1.37. The maximum atomic E-state index is 9.01. The molecule has 0 amide bonds. The van der Waals surface area contributed by atoms with E-state index < -0.39 is 0 Å². The van der Waals surface area contributed by atoms with E-state index in [0.29, 0.717) is 6.61 Å². The molecule has 3 heteroatoms. The van der Waals surface area contributed by atoms with Crippen LogP contribution in [0.4, 0.5) is 5.69 Å². The van der Waals surface area contributed by atoms with Gasteiger partial charge in [-0.15, -0.1) is 0 Å². The van der Waals surface area contributed by atoms with E-state index in [1.54, 1.807) is 0 Å². The predicted molar refractivity (Wildman–Crippen MR) is 46.4 cm³/mol. The molecule has 0 bridgehead atoms. The first-order valence-corrected chi connectivity index (χ1v) is 3.99. The van der Waals surface area contributed by atoms with E-state index in [2.05, 4.69) is 0 Å². The molecule has 0 saturated carbocycles. The lowest BCUT2D eigenvalue weighted by molar-refractivity contribution is 0.251. The molecule has 0 radical (unpaired) electrons. The van der Waals surface area contributed by atoms with Gasteiger partial charge in [0.1, 0.15) is 19.1 Å². The summed E-state index contributed by atoms with van der Waals surface area (Å²) in [6.07, 6.45) is 0. The van der Waals surface area contributed by atoms with Gasteiger partial charge in [-0.2, -0.15) is 0 Å². The van der Waals surface area contributed by atoms with Gasteiger partial charge < -0.3 is 14.7 Å². The van der Waals surface area contributed by atoms with Crippen molar-refractivity contribution in [2.75, 3.05) is 24.8 Å². The van der Waals surface area contributed by atoms with E-state index in [9.17, 15) is 0 Å². The van der Waals surface area contributed by atoms with Crippen LogP contribution >= 0.6 is 0 Å². The van der Waals surface area contributed by atoms with Crippen molar-refractivity contribution in [1.29, 1.82) is 0 Å². The Balaban J connectivity index is 2.37. The molecule has 12 heavy (non-hydrogen) atoms. The number of rotatable bonds is 1. The van der Waals surface area contributed by atoms with Crippen LogP contribution in [-0.4, -0.2) is 25.0 Å². The third kappa shape index (κ3) is 1.12. The highest BCUT2D eigenvalue weighted by Crippen LogP contribution is 2.29. The minimum Gasteiger partial charge on any atom is -0.490 e. The van der Waals surface area contributed by atoms with Gasteiger partial charge >= 0.3 is 0 Å². The fourth-order valence-electron chi connectivity index (χ4n) is 1.37. The molecule has 3 nitrogen and oxygen atoms in total. The Labute approximate surface area is 71.2 Å². The van der Waals surface area contributed by atoms with Crippen LogP contribution in [0.15, 0.2) is 24.3 Å². The lowest BCUT2D eigenvalue weighted by atomic mass is 10.2. The van der Waals surface area contributed by atoms with E-state index in [0.717, 1.165) is 18.0 Å². The molecule has 0 spiro atoms. The number of aliphatic hydroxyl groups is 1. The molecule has 2 rings (SSSR count). The average molecular weight is 165 g/mol. The Hall–Kier alpha value is -1.22. The summed E-state index contributed by atoms with van der Waals surface area (Å²) >= 11 is 0. The largest absolute Gasteiger partial charge is 0.490 e. The summed E-state index contributed by atoms with van der Waals surface area (Å²) in [5.74, 6) is 0.859. The molecule has 0 unspecified atom stereocenters. The van der Waals surface area contributed by atoms with Crippen LogP contribution in [0.25, 0.3) is 0 Å².